The van der Waals surface area contributed by atoms with Gasteiger partial charge in [0.25, 0.3) is 0 Å². The molecule has 0 aromatic heterocycles. The van der Waals surface area contributed by atoms with Crippen LogP contribution in [0.3, 0.4) is 0 Å². The molecule has 1 fully saturated rings. The molecule has 1 aromatic carbocycles. The van der Waals surface area contributed by atoms with Crippen LogP contribution in [0.2, 0.25) is 0 Å². The summed E-state index contributed by atoms with van der Waals surface area (Å²) in [6.07, 6.45) is 4.56. The standard InChI is InChI=1S/C18H26N2O4.ClH/c1-22-14-9-13-16(18(24-3)17(14)23-2)12(8-15(21)20-13)10-4-6-11(19)7-5-10;/h9-12H,4-8,19H2,1-3H3,(H,20,21);1H. The van der Waals surface area contributed by atoms with Gasteiger partial charge in [-0.15, -0.1) is 12.4 Å². The highest BCUT2D eigenvalue weighted by Gasteiger charge is 2.37. The first-order valence-electron chi connectivity index (χ1n) is 8.47. The van der Waals surface area contributed by atoms with E-state index in [1.54, 1.807) is 21.3 Å². The number of carbonyl (C=O) groups excluding carboxylic acids is 1. The van der Waals surface area contributed by atoms with Gasteiger partial charge in [-0.1, -0.05) is 0 Å². The summed E-state index contributed by atoms with van der Waals surface area (Å²) >= 11 is 0. The van der Waals surface area contributed by atoms with E-state index in [-0.39, 0.29) is 30.3 Å². The fraction of sp³-hybridized carbons (Fsp3) is 0.611. The number of carbonyl (C=O) groups is 1. The first kappa shape index (κ1) is 19.7. The molecule has 2 aliphatic rings. The van der Waals surface area contributed by atoms with Crippen molar-refractivity contribution in [1.29, 1.82) is 0 Å². The number of rotatable bonds is 4. The SMILES string of the molecule is COc1cc2c(c(OC)c1OC)C(C1CCC(N)CC1)CC(=O)N2.Cl. The van der Waals surface area contributed by atoms with Gasteiger partial charge in [-0.25, -0.2) is 0 Å². The molecule has 1 saturated carbocycles. The number of methoxy groups -OCH3 is 3. The number of hydrogen-bond acceptors (Lipinski definition) is 5. The van der Waals surface area contributed by atoms with Gasteiger partial charge in [0.2, 0.25) is 11.7 Å². The lowest BCUT2D eigenvalue weighted by Gasteiger charge is -2.37. The van der Waals surface area contributed by atoms with E-state index >= 15 is 0 Å². The van der Waals surface area contributed by atoms with Crippen LogP contribution in [0.4, 0.5) is 5.69 Å². The molecule has 0 bridgehead atoms. The molecule has 7 heteroatoms. The molecule has 1 unspecified atom stereocenters. The Balaban J connectivity index is 0.00000225. The van der Waals surface area contributed by atoms with E-state index in [2.05, 4.69) is 5.32 Å². The maximum Gasteiger partial charge on any atom is 0.225 e. The Morgan fingerprint density at radius 2 is 1.68 bits per heavy atom. The molecule has 1 aliphatic carbocycles. The molecule has 0 radical (unpaired) electrons. The Bertz CT molecular complexity index is 630. The van der Waals surface area contributed by atoms with Crippen molar-refractivity contribution < 1.29 is 19.0 Å². The quantitative estimate of drug-likeness (QED) is 0.851. The third-order valence-electron chi connectivity index (χ3n) is 5.30. The molecule has 140 valence electrons. The Morgan fingerprint density at radius 1 is 1.04 bits per heavy atom. The molecule has 25 heavy (non-hydrogen) atoms. The Kier molecular flexibility index (Phi) is 6.41. The second-order valence-electron chi connectivity index (χ2n) is 6.64. The summed E-state index contributed by atoms with van der Waals surface area (Å²) in [4.78, 5) is 12.2. The summed E-state index contributed by atoms with van der Waals surface area (Å²) in [5.74, 6) is 2.38. The topological polar surface area (TPSA) is 82.8 Å². The third kappa shape index (κ3) is 3.65. The summed E-state index contributed by atoms with van der Waals surface area (Å²) in [6.45, 7) is 0. The molecule has 1 atom stereocenters. The van der Waals surface area contributed by atoms with Gasteiger partial charge in [0, 0.05) is 30.0 Å². The summed E-state index contributed by atoms with van der Waals surface area (Å²) in [5, 5.41) is 2.96. The van der Waals surface area contributed by atoms with Crippen molar-refractivity contribution in [3.05, 3.63) is 11.6 Å². The van der Waals surface area contributed by atoms with Crippen LogP contribution in [0, 0.1) is 5.92 Å². The first-order chi connectivity index (χ1) is 11.6. The Hall–Kier alpha value is -1.66. The van der Waals surface area contributed by atoms with Crippen molar-refractivity contribution in [2.24, 2.45) is 11.7 Å². The van der Waals surface area contributed by atoms with Gasteiger partial charge >= 0.3 is 0 Å². The van der Waals surface area contributed by atoms with Crippen molar-refractivity contribution in [3.63, 3.8) is 0 Å². The zero-order valence-electron chi connectivity index (χ0n) is 15.0. The van der Waals surface area contributed by atoms with Crippen LogP contribution in [0.25, 0.3) is 0 Å². The van der Waals surface area contributed by atoms with Crippen LogP contribution in [0.15, 0.2) is 6.07 Å². The third-order valence-corrected chi connectivity index (χ3v) is 5.30. The molecule has 1 amide bonds. The molecule has 3 N–H and O–H groups in total. The van der Waals surface area contributed by atoms with E-state index in [0.717, 1.165) is 36.9 Å². The van der Waals surface area contributed by atoms with Gasteiger partial charge in [0.05, 0.1) is 27.0 Å². The lowest BCUT2D eigenvalue weighted by atomic mass is 9.72. The number of anilines is 1. The number of benzene rings is 1. The minimum absolute atomic E-state index is 0. The van der Waals surface area contributed by atoms with Crippen LogP contribution in [0.5, 0.6) is 17.2 Å². The van der Waals surface area contributed by atoms with Crippen LogP contribution < -0.4 is 25.3 Å². The maximum atomic E-state index is 12.2. The number of nitrogens with one attached hydrogen (secondary N) is 1. The highest BCUT2D eigenvalue weighted by molar-refractivity contribution is 5.96. The summed E-state index contributed by atoms with van der Waals surface area (Å²) in [5.41, 5.74) is 7.84. The zero-order valence-corrected chi connectivity index (χ0v) is 15.8. The van der Waals surface area contributed by atoms with Crippen LogP contribution >= 0.6 is 12.4 Å². The summed E-state index contributed by atoms with van der Waals surface area (Å²) in [6, 6.07) is 2.11. The van der Waals surface area contributed by atoms with Crippen LogP contribution in [-0.2, 0) is 4.79 Å². The van der Waals surface area contributed by atoms with Crippen molar-refractivity contribution in [3.8, 4) is 17.2 Å². The largest absolute Gasteiger partial charge is 0.493 e. The molecule has 0 spiro atoms. The number of halogens is 1. The molecule has 1 heterocycles. The van der Waals surface area contributed by atoms with Crippen LogP contribution in [-0.4, -0.2) is 33.3 Å². The molecular formula is C18H27ClN2O4. The highest BCUT2D eigenvalue weighted by Crippen LogP contribution is 2.53. The first-order valence-corrected chi connectivity index (χ1v) is 8.47. The van der Waals surface area contributed by atoms with Gasteiger partial charge in [0.1, 0.15) is 0 Å². The maximum absolute atomic E-state index is 12.2. The molecule has 0 saturated heterocycles. The van der Waals surface area contributed by atoms with E-state index in [1.165, 1.54) is 0 Å². The van der Waals surface area contributed by atoms with Crippen molar-refractivity contribution >= 4 is 24.0 Å². The summed E-state index contributed by atoms with van der Waals surface area (Å²) < 4.78 is 16.6. The zero-order chi connectivity index (χ0) is 17.3. The number of fused-ring (bicyclic) bond motifs is 1. The van der Waals surface area contributed by atoms with Gasteiger partial charge in [0.15, 0.2) is 11.5 Å². The molecule has 1 aromatic rings. The van der Waals surface area contributed by atoms with Gasteiger partial charge < -0.3 is 25.3 Å². The average molecular weight is 371 g/mol. The fourth-order valence-corrected chi connectivity index (χ4v) is 4.10. The second-order valence-corrected chi connectivity index (χ2v) is 6.64. The van der Waals surface area contributed by atoms with E-state index in [1.807, 2.05) is 6.07 Å². The molecule has 6 nitrogen and oxygen atoms in total. The van der Waals surface area contributed by atoms with Crippen molar-refractivity contribution in [2.75, 3.05) is 26.6 Å². The lowest BCUT2D eigenvalue weighted by Crippen LogP contribution is -2.33. The summed E-state index contributed by atoms with van der Waals surface area (Å²) in [7, 11) is 4.80. The van der Waals surface area contributed by atoms with Crippen molar-refractivity contribution in [1.82, 2.24) is 0 Å². The Labute approximate surface area is 154 Å². The van der Waals surface area contributed by atoms with E-state index in [4.69, 9.17) is 19.9 Å². The minimum Gasteiger partial charge on any atom is -0.493 e. The number of amides is 1. The molecule has 1 aliphatic heterocycles. The van der Waals surface area contributed by atoms with Crippen molar-refractivity contribution in [2.45, 2.75) is 44.1 Å². The Morgan fingerprint density at radius 3 is 2.24 bits per heavy atom. The van der Waals surface area contributed by atoms with Gasteiger partial charge in [-0.3, -0.25) is 4.79 Å². The van der Waals surface area contributed by atoms with Crippen LogP contribution in [0.1, 0.15) is 43.6 Å². The lowest BCUT2D eigenvalue weighted by molar-refractivity contribution is -0.117. The fourth-order valence-electron chi connectivity index (χ4n) is 4.10. The number of hydrogen-bond donors (Lipinski definition) is 2. The predicted octanol–water partition coefficient (Wildman–Crippen LogP) is 3.08. The number of ether oxygens (including phenoxy) is 3. The van der Waals surface area contributed by atoms with Gasteiger partial charge in [-0.05, 0) is 31.6 Å². The second kappa shape index (κ2) is 8.15. The smallest absolute Gasteiger partial charge is 0.225 e. The van der Waals surface area contributed by atoms with E-state index < -0.39 is 0 Å². The highest BCUT2D eigenvalue weighted by atomic mass is 35.5. The van der Waals surface area contributed by atoms with Gasteiger partial charge in [-0.2, -0.15) is 0 Å². The minimum atomic E-state index is 0. The molecule has 3 rings (SSSR count). The van der Waals surface area contributed by atoms with E-state index in [9.17, 15) is 4.79 Å². The van der Waals surface area contributed by atoms with E-state index in [0.29, 0.717) is 29.6 Å². The average Bonchev–Trinajstić information content (AvgIpc) is 2.59. The monoisotopic (exact) mass is 370 g/mol. The predicted molar refractivity (Wildman–Crippen MR) is 99.3 cm³/mol. The normalized spacial score (nSPS) is 25.3. The molecular weight excluding hydrogens is 344 g/mol. The number of nitrogens with two attached hydrogens (primary N) is 1.